The van der Waals surface area contributed by atoms with Gasteiger partial charge in [-0.1, -0.05) is 48.3 Å². The Labute approximate surface area is 136 Å². The maximum atomic E-state index is 6.36. The number of nitrogens with one attached hydrogen (secondary N) is 1. The number of ether oxygens (including phenoxy) is 1. The Morgan fingerprint density at radius 2 is 1.81 bits per heavy atom. The smallest absolute Gasteiger partial charge is 0.138 e. The third-order valence-electron chi connectivity index (χ3n) is 3.40. The Balaban J connectivity index is 2.40. The minimum atomic E-state index is 0.563. The fourth-order valence-electron chi connectivity index (χ4n) is 2.30. The first-order chi connectivity index (χ1) is 10.1. The molecule has 0 aliphatic heterocycles. The van der Waals surface area contributed by atoms with Gasteiger partial charge in [-0.3, -0.25) is 0 Å². The molecule has 1 N–H and O–H groups in total. The normalized spacial score (nSPS) is 10.7. The second-order valence-corrected chi connectivity index (χ2v) is 5.71. The lowest BCUT2D eigenvalue weighted by atomic mass is 9.98. The van der Waals surface area contributed by atoms with E-state index in [1.54, 1.807) is 13.2 Å². The molecule has 0 atom stereocenters. The van der Waals surface area contributed by atoms with Gasteiger partial charge in [0.2, 0.25) is 0 Å². The van der Waals surface area contributed by atoms with Crippen molar-refractivity contribution in [3.63, 3.8) is 0 Å². The van der Waals surface area contributed by atoms with Crippen molar-refractivity contribution in [1.82, 2.24) is 5.32 Å². The van der Waals surface area contributed by atoms with Crippen LogP contribution in [0.15, 0.2) is 30.3 Å². The minimum absolute atomic E-state index is 0.563. The highest BCUT2D eigenvalue weighted by molar-refractivity contribution is 6.36. The van der Waals surface area contributed by atoms with Gasteiger partial charge in [0, 0.05) is 18.2 Å². The highest BCUT2D eigenvalue weighted by atomic mass is 35.5. The Morgan fingerprint density at radius 1 is 1.05 bits per heavy atom. The number of rotatable bonds is 5. The van der Waals surface area contributed by atoms with Crippen LogP contribution in [0.1, 0.15) is 18.1 Å². The van der Waals surface area contributed by atoms with Gasteiger partial charge in [0.05, 0.1) is 17.2 Å². The largest absolute Gasteiger partial charge is 0.495 e. The zero-order valence-corrected chi connectivity index (χ0v) is 14.0. The molecule has 0 heterocycles. The van der Waals surface area contributed by atoms with Crippen molar-refractivity contribution in [3.05, 3.63) is 51.5 Å². The van der Waals surface area contributed by atoms with E-state index in [2.05, 4.69) is 37.4 Å². The number of hydrogen-bond donors (Lipinski definition) is 1. The van der Waals surface area contributed by atoms with Gasteiger partial charge >= 0.3 is 0 Å². The van der Waals surface area contributed by atoms with Crippen molar-refractivity contribution in [2.24, 2.45) is 0 Å². The van der Waals surface area contributed by atoms with E-state index in [-0.39, 0.29) is 0 Å². The molecule has 2 rings (SSSR count). The van der Waals surface area contributed by atoms with Crippen LogP contribution in [0.4, 0.5) is 0 Å². The van der Waals surface area contributed by atoms with E-state index in [0.29, 0.717) is 15.8 Å². The van der Waals surface area contributed by atoms with Crippen molar-refractivity contribution in [2.75, 3.05) is 13.7 Å². The lowest BCUT2D eigenvalue weighted by molar-refractivity contribution is 0.415. The number of hydrogen-bond acceptors (Lipinski definition) is 2. The molecule has 2 aromatic rings. The van der Waals surface area contributed by atoms with Crippen LogP contribution < -0.4 is 10.1 Å². The lowest BCUT2D eigenvalue weighted by Gasteiger charge is -2.13. The van der Waals surface area contributed by atoms with Crippen LogP contribution in [-0.2, 0) is 6.54 Å². The third-order valence-corrected chi connectivity index (χ3v) is 4.01. The average molecular weight is 324 g/mol. The summed E-state index contributed by atoms with van der Waals surface area (Å²) in [4.78, 5) is 0. The molecule has 0 fully saturated rings. The Kier molecular flexibility index (Phi) is 5.51. The number of halogens is 2. The zero-order valence-electron chi connectivity index (χ0n) is 12.5. The van der Waals surface area contributed by atoms with Gasteiger partial charge in [0.1, 0.15) is 5.75 Å². The molecule has 4 heteroatoms. The molecule has 21 heavy (non-hydrogen) atoms. The summed E-state index contributed by atoms with van der Waals surface area (Å²) in [7, 11) is 1.58. The van der Waals surface area contributed by atoms with Crippen molar-refractivity contribution >= 4 is 23.2 Å². The standard InChI is InChI=1S/C17H19Cl2NO/c1-4-20-10-12-5-6-13(11(2)7-12)14-8-16(19)17(21-3)9-15(14)18/h5-9,20H,4,10H2,1-3H3. The second kappa shape index (κ2) is 7.17. The summed E-state index contributed by atoms with van der Waals surface area (Å²) in [6, 6.07) is 9.98. The second-order valence-electron chi connectivity index (χ2n) is 4.90. The molecule has 0 saturated carbocycles. The third kappa shape index (κ3) is 3.70. The fraction of sp³-hybridized carbons (Fsp3) is 0.294. The van der Waals surface area contributed by atoms with E-state index < -0.39 is 0 Å². The summed E-state index contributed by atoms with van der Waals surface area (Å²) >= 11 is 12.6. The summed E-state index contributed by atoms with van der Waals surface area (Å²) < 4.78 is 5.19. The molecule has 0 unspecified atom stereocenters. The van der Waals surface area contributed by atoms with Crippen molar-refractivity contribution in [1.29, 1.82) is 0 Å². The van der Waals surface area contributed by atoms with Crippen molar-refractivity contribution < 1.29 is 4.74 Å². The van der Waals surface area contributed by atoms with Crippen LogP contribution in [0.3, 0.4) is 0 Å². The predicted molar refractivity (Wildman–Crippen MR) is 90.6 cm³/mol. The summed E-state index contributed by atoms with van der Waals surface area (Å²) in [6.45, 7) is 6.01. The molecule has 0 amide bonds. The summed E-state index contributed by atoms with van der Waals surface area (Å²) in [5, 5.41) is 4.52. The molecule has 112 valence electrons. The van der Waals surface area contributed by atoms with Gasteiger partial charge in [-0.05, 0) is 36.2 Å². The molecular weight excluding hydrogens is 305 g/mol. The van der Waals surface area contributed by atoms with Gasteiger partial charge in [-0.25, -0.2) is 0 Å². The van der Waals surface area contributed by atoms with E-state index in [9.17, 15) is 0 Å². The first kappa shape index (κ1) is 16.2. The Morgan fingerprint density at radius 3 is 2.43 bits per heavy atom. The SMILES string of the molecule is CCNCc1ccc(-c2cc(Cl)c(OC)cc2Cl)c(C)c1. The molecule has 0 aliphatic rings. The molecule has 0 aromatic heterocycles. The van der Waals surface area contributed by atoms with Crippen LogP contribution >= 0.6 is 23.2 Å². The number of benzene rings is 2. The highest BCUT2D eigenvalue weighted by Crippen LogP contribution is 2.38. The number of aryl methyl sites for hydroxylation is 1. The Bertz CT molecular complexity index is 641. The average Bonchev–Trinajstić information content (AvgIpc) is 2.47. The van der Waals surface area contributed by atoms with Crippen molar-refractivity contribution in [2.45, 2.75) is 20.4 Å². The maximum Gasteiger partial charge on any atom is 0.138 e. The summed E-state index contributed by atoms with van der Waals surface area (Å²) in [5.74, 6) is 0.590. The van der Waals surface area contributed by atoms with E-state index in [1.807, 2.05) is 6.07 Å². The van der Waals surface area contributed by atoms with Gasteiger partial charge in [0.15, 0.2) is 0 Å². The van der Waals surface area contributed by atoms with E-state index in [1.165, 1.54) is 11.1 Å². The molecule has 2 nitrogen and oxygen atoms in total. The quantitative estimate of drug-likeness (QED) is 0.827. The molecule has 0 saturated heterocycles. The van der Waals surface area contributed by atoms with Gasteiger partial charge in [0.25, 0.3) is 0 Å². The minimum Gasteiger partial charge on any atom is -0.495 e. The van der Waals surface area contributed by atoms with E-state index >= 15 is 0 Å². The molecule has 0 bridgehead atoms. The highest BCUT2D eigenvalue weighted by Gasteiger charge is 2.11. The number of methoxy groups -OCH3 is 1. The first-order valence-electron chi connectivity index (χ1n) is 6.90. The Hall–Kier alpha value is -1.22. The fourth-order valence-corrected chi connectivity index (χ4v) is 2.79. The molecule has 2 aromatic carbocycles. The molecule has 0 spiro atoms. The van der Waals surface area contributed by atoms with E-state index in [4.69, 9.17) is 27.9 Å². The van der Waals surface area contributed by atoms with Gasteiger partial charge < -0.3 is 10.1 Å². The topological polar surface area (TPSA) is 21.3 Å². The molecule has 0 radical (unpaired) electrons. The lowest BCUT2D eigenvalue weighted by Crippen LogP contribution is -2.11. The van der Waals surface area contributed by atoms with Crippen LogP contribution in [0.2, 0.25) is 10.0 Å². The maximum absolute atomic E-state index is 6.36. The predicted octanol–water partition coefficient (Wildman–Crippen LogP) is 5.09. The van der Waals surface area contributed by atoms with Crippen LogP contribution in [0.5, 0.6) is 5.75 Å². The molecule has 0 aliphatic carbocycles. The summed E-state index contributed by atoms with van der Waals surface area (Å²) in [5.41, 5.74) is 4.45. The van der Waals surface area contributed by atoms with Crippen molar-refractivity contribution in [3.8, 4) is 16.9 Å². The van der Waals surface area contributed by atoms with Gasteiger partial charge in [-0.15, -0.1) is 0 Å². The van der Waals surface area contributed by atoms with E-state index in [0.717, 1.165) is 24.2 Å². The molecular formula is C17H19Cl2NO. The van der Waals surface area contributed by atoms with Gasteiger partial charge in [-0.2, -0.15) is 0 Å². The zero-order chi connectivity index (χ0) is 15.4. The van der Waals surface area contributed by atoms with Crippen LogP contribution in [-0.4, -0.2) is 13.7 Å². The summed E-state index contributed by atoms with van der Waals surface area (Å²) in [6.07, 6.45) is 0. The van der Waals surface area contributed by atoms with Crippen LogP contribution in [0.25, 0.3) is 11.1 Å². The first-order valence-corrected chi connectivity index (χ1v) is 7.66. The monoisotopic (exact) mass is 323 g/mol. The van der Waals surface area contributed by atoms with Crippen LogP contribution in [0, 0.1) is 6.92 Å².